The number of pyridine rings is 1. The summed E-state index contributed by atoms with van der Waals surface area (Å²) in [5, 5.41) is 2.88. The molecule has 0 unspecified atom stereocenters. The second-order valence-electron chi connectivity index (χ2n) is 5.49. The monoisotopic (exact) mass is 405 g/mol. The molecule has 0 aliphatic rings. The van der Waals surface area contributed by atoms with Crippen LogP contribution >= 0.6 is 15.9 Å². The van der Waals surface area contributed by atoms with E-state index in [-0.39, 0.29) is 12.5 Å². The van der Waals surface area contributed by atoms with Crippen LogP contribution in [0.3, 0.4) is 0 Å². The number of hydrogen-bond acceptors (Lipinski definition) is 5. The van der Waals surface area contributed by atoms with Gasteiger partial charge in [-0.1, -0.05) is 15.9 Å². The molecule has 7 heteroatoms. The van der Waals surface area contributed by atoms with Gasteiger partial charge in [0, 0.05) is 23.4 Å². The summed E-state index contributed by atoms with van der Waals surface area (Å²) in [4.78, 5) is 29.8. The van der Waals surface area contributed by atoms with Crippen LogP contribution in [-0.2, 0) is 9.53 Å². The van der Waals surface area contributed by atoms with E-state index in [0.29, 0.717) is 18.0 Å². The first-order chi connectivity index (χ1) is 11.9. The zero-order valence-corrected chi connectivity index (χ0v) is 16.0. The summed E-state index contributed by atoms with van der Waals surface area (Å²) in [5.41, 5.74) is 2.13. The van der Waals surface area contributed by atoms with Crippen molar-refractivity contribution >= 4 is 39.3 Å². The predicted molar refractivity (Wildman–Crippen MR) is 101 cm³/mol. The van der Waals surface area contributed by atoms with E-state index >= 15 is 0 Å². The molecule has 0 radical (unpaired) electrons. The van der Waals surface area contributed by atoms with Gasteiger partial charge in [-0.3, -0.25) is 4.79 Å². The number of nitrogens with one attached hydrogen (secondary N) is 1. The number of rotatable bonds is 6. The lowest BCUT2D eigenvalue weighted by molar-refractivity contribution is -0.114. The van der Waals surface area contributed by atoms with Crippen LogP contribution in [0.1, 0.15) is 22.8 Å². The average molecular weight is 406 g/mol. The summed E-state index contributed by atoms with van der Waals surface area (Å²) >= 11 is 3.40. The van der Waals surface area contributed by atoms with Crippen LogP contribution in [0.2, 0.25) is 0 Å². The van der Waals surface area contributed by atoms with E-state index in [1.807, 2.05) is 25.1 Å². The first-order valence-electron chi connectivity index (χ1n) is 7.81. The number of aromatic nitrogens is 1. The molecule has 2 aromatic rings. The Bertz CT molecular complexity index is 763. The van der Waals surface area contributed by atoms with Gasteiger partial charge in [0.15, 0.2) is 0 Å². The van der Waals surface area contributed by atoms with Crippen molar-refractivity contribution in [1.82, 2.24) is 4.98 Å². The predicted octanol–water partition coefficient (Wildman–Crippen LogP) is 3.40. The van der Waals surface area contributed by atoms with E-state index in [0.717, 1.165) is 15.7 Å². The molecule has 1 heterocycles. The molecule has 0 saturated carbocycles. The lowest BCUT2D eigenvalue weighted by Crippen LogP contribution is -2.30. The van der Waals surface area contributed by atoms with E-state index in [1.165, 1.54) is 6.20 Å². The molecule has 0 saturated heterocycles. The average Bonchev–Trinajstić information content (AvgIpc) is 2.57. The maximum Gasteiger partial charge on any atom is 0.339 e. The number of amides is 1. The Kier molecular flexibility index (Phi) is 6.52. The molecular weight excluding hydrogens is 386 g/mol. The second-order valence-corrected chi connectivity index (χ2v) is 6.40. The first-order valence-corrected chi connectivity index (χ1v) is 8.60. The van der Waals surface area contributed by atoms with Gasteiger partial charge in [-0.2, -0.15) is 0 Å². The third-order valence-corrected chi connectivity index (χ3v) is 3.99. The maximum absolute atomic E-state index is 12.2. The number of likely N-dealkylation sites (N-methyl/N-ethyl adjacent to an activating group) is 1. The topological polar surface area (TPSA) is 71.5 Å². The van der Waals surface area contributed by atoms with Gasteiger partial charge in [0.25, 0.3) is 0 Å². The van der Waals surface area contributed by atoms with Gasteiger partial charge >= 0.3 is 5.97 Å². The van der Waals surface area contributed by atoms with Gasteiger partial charge in [-0.05, 0) is 49.7 Å². The molecule has 6 nitrogen and oxygen atoms in total. The molecule has 0 aliphatic carbocycles. The summed E-state index contributed by atoms with van der Waals surface area (Å²) in [7, 11) is 1.76. The standard InChI is InChI=1S/C18H20BrN3O3/c1-4-25-18(24)13-5-8-16(20-10-13)22(3)11-17(23)21-15-7-6-14(19)9-12(15)2/h5-10H,4,11H2,1-3H3,(H,21,23). The highest BCUT2D eigenvalue weighted by Crippen LogP contribution is 2.20. The fraction of sp³-hybridized carbons (Fsp3) is 0.278. The van der Waals surface area contributed by atoms with Crippen LogP contribution in [0.4, 0.5) is 11.5 Å². The highest BCUT2D eigenvalue weighted by Gasteiger charge is 2.12. The lowest BCUT2D eigenvalue weighted by atomic mass is 10.2. The van der Waals surface area contributed by atoms with Gasteiger partial charge in [0.1, 0.15) is 5.82 Å². The molecule has 0 aliphatic heterocycles. The molecule has 0 atom stereocenters. The SMILES string of the molecule is CCOC(=O)c1ccc(N(C)CC(=O)Nc2ccc(Br)cc2C)nc1. The number of benzene rings is 1. The second kappa shape index (κ2) is 8.62. The Morgan fingerprint density at radius 2 is 2.04 bits per heavy atom. The quantitative estimate of drug-likeness (QED) is 0.745. The maximum atomic E-state index is 12.2. The van der Waals surface area contributed by atoms with E-state index in [1.54, 1.807) is 31.0 Å². The van der Waals surface area contributed by atoms with E-state index in [9.17, 15) is 9.59 Å². The fourth-order valence-corrected chi connectivity index (χ4v) is 2.68. The number of carbonyl (C=O) groups is 2. The minimum absolute atomic E-state index is 0.140. The summed E-state index contributed by atoms with van der Waals surface area (Å²) in [6.07, 6.45) is 1.45. The van der Waals surface area contributed by atoms with Crippen molar-refractivity contribution in [2.45, 2.75) is 13.8 Å². The van der Waals surface area contributed by atoms with Gasteiger partial charge in [-0.15, -0.1) is 0 Å². The molecule has 2 rings (SSSR count). The number of ether oxygens (including phenoxy) is 1. The van der Waals surface area contributed by atoms with Crippen molar-refractivity contribution < 1.29 is 14.3 Å². The molecule has 0 spiro atoms. The van der Waals surface area contributed by atoms with Crippen molar-refractivity contribution in [2.24, 2.45) is 0 Å². The van der Waals surface area contributed by atoms with E-state index < -0.39 is 5.97 Å². The number of anilines is 2. The molecule has 25 heavy (non-hydrogen) atoms. The third kappa shape index (κ3) is 5.29. The number of nitrogens with zero attached hydrogens (tertiary/aromatic N) is 2. The molecule has 1 N–H and O–H groups in total. The van der Waals surface area contributed by atoms with Crippen LogP contribution in [0.15, 0.2) is 41.0 Å². The van der Waals surface area contributed by atoms with Gasteiger partial charge in [-0.25, -0.2) is 9.78 Å². The van der Waals surface area contributed by atoms with Crippen LogP contribution in [0.25, 0.3) is 0 Å². The fourth-order valence-electron chi connectivity index (χ4n) is 2.20. The van der Waals surface area contributed by atoms with Crippen molar-refractivity contribution in [3.05, 3.63) is 52.1 Å². The van der Waals surface area contributed by atoms with Gasteiger partial charge in [0.05, 0.1) is 18.7 Å². The zero-order valence-electron chi connectivity index (χ0n) is 14.4. The Balaban J connectivity index is 1.97. The number of esters is 1. The molecule has 132 valence electrons. The van der Waals surface area contributed by atoms with Crippen LogP contribution in [0, 0.1) is 6.92 Å². The molecule has 1 amide bonds. The largest absolute Gasteiger partial charge is 0.462 e. The molecule has 1 aromatic carbocycles. The summed E-state index contributed by atoms with van der Waals surface area (Å²) in [6, 6.07) is 8.98. The Hall–Kier alpha value is -2.41. The van der Waals surface area contributed by atoms with Crippen LogP contribution in [0.5, 0.6) is 0 Å². The zero-order chi connectivity index (χ0) is 18.4. The van der Waals surface area contributed by atoms with Crippen LogP contribution in [-0.4, -0.2) is 37.1 Å². The minimum Gasteiger partial charge on any atom is -0.462 e. The van der Waals surface area contributed by atoms with E-state index in [4.69, 9.17) is 4.74 Å². The Morgan fingerprint density at radius 3 is 2.64 bits per heavy atom. The highest BCUT2D eigenvalue weighted by molar-refractivity contribution is 9.10. The van der Waals surface area contributed by atoms with Gasteiger partial charge in [0.2, 0.25) is 5.91 Å². The summed E-state index contributed by atoms with van der Waals surface area (Å²) in [6.45, 7) is 4.14. The highest BCUT2D eigenvalue weighted by atomic mass is 79.9. The summed E-state index contributed by atoms with van der Waals surface area (Å²) < 4.78 is 5.88. The van der Waals surface area contributed by atoms with Crippen molar-refractivity contribution in [2.75, 3.05) is 30.4 Å². The molecule has 1 aromatic heterocycles. The first kappa shape index (κ1) is 18.9. The Morgan fingerprint density at radius 1 is 1.28 bits per heavy atom. The molecule has 0 bridgehead atoms. The number of aryl methyl sites for hydroxylation is 1. The molecule has 0 fully saturated rings. The number of halogens is 1. The Labute approximate surface area is 155 Å². The lowest BCUT2D eigenvalue weighted by Gasteiger charge is -2.18. The molecular formula is C18H20BrN3O3. The normalized spacial score (nSPS) is 10.2. The van der Waals surface area contributed by atoms with E-state index in [2.05, 4.69) is 26.2 Å². The minimum atomic E-state index is -0.410. The smallest absolute Gasteiger partial charge is 0.339 e. The number of carbonyl (C=O) groups excluding carboxylic acids is 2. The third-order valence-electron chi connectivity index (χ3n) is 3.49. The summed E-state index contributed by atoms with van der Waals surface area (Å²) in [5.74, 6) is 0.0348. The van der Waals surface area contributed by atoms with Crippen LogP contribution < -0.4 is 10.2 Å². The van der Waals surface area contributed by atoms with Crippen molar-refractivity contribution in [1.29, 1.82) is 0 Å². The van der Waals surface area contributed by atoms with Gasteiger partial charge < -0.3 is 15.0 Å². The number of hydrogen-bond donors (Lipinski definition) is 1. The van der Waals surface area contributed by atoms with Crippen molar-refractivity contribution in [3.63, 3.8) is 0 Å². The van der Waals surface area contributed by atoms with Crippen molar-refractivity contribution in [3.8, 4) is 0 Å².